The highest BCUT2D eigenvalue weighted by molar-refractivity contribution is 6.31. The van der Waals surface area contributed by atoms with Crippen LogP contribution in [-0.4, -0.2) is 28.2 Å². The summed E-state index contributed by atoms with van der Waals surface area (Å²) < 4.78 is 0. The monoisotopic (exact) mass is 293 g/mol. The highest BCUT2D eigenvalue weighted by Crippen LogP contribution is 2.44. The zero-order valence-corrected chi connectivity index (χ0v) is 11.7. The molecule has 0 radical (unpaired) electrons. The molecule has 1 aliphatic rings. The Morgan fingerprint density at radius 2 is 2.25 bits per heavy atom. The zero-order valence-electron chi connectivity index (χ0n) is 10.9. The van der Waals surface area contributed by atoms with Crippen LogP contribution in [0.5, 0.6) is 0 Å². The summed E-state index contributed by atoms with van der Waals surface area (Å²) in [5, 5.41) is 13.6. The number of fused-ring (bicyclic) bond motifs is 1. The van der Waals surface area contributed by atoms with Gasteiger partial charge in [0.1, 0.15) is 5.82 Å². The fraction of sp³-hybridized carbons (Fsp3) is 0.429. The standard InChI is InChI=1S/C14H16ClN3O2/c15-9-1-2-10-11(5-9)17-12(18-13(10)20)6-16-7-14(8-19)3-4-14/h1-2,5,16,19H,3-4,6-8H2,(H,17,18,20). The number of benzene rings is 1. The molecule has 6 heteroatoms. The van der Waals surface area contributed by atoms with Crippen LogP contribution in [0.4, 0.5) is 0 Å². The average molecular weight is 294 g/mol. The number of aliphatic hydroxyl groups is 1. The minimum Gasteiger partial charge on any atom is -0.396 e. The number of H-pyrrole nitrogens is 1. The smallest absolute Gasteiger partial charge is 0.258 e. The predicted octanol–water partition coefficient (Wildman–Crippen LogP) is 1.44. The molecule has 0 amide bonds. The second-order valence-electron chi connectivity index (χ2n) is 5.44. The summed E-state index contributed by atoms with van der Waals surface area (Å²) >= 11 is 5.92. The van der Waals surface area contributed by atoms with Crippen molar-refractivity contribution in [2.24, 2.45) is 5.41 Å². The Labute approximate surface area is 121 Å². The molecule has 20 heavy (non-hydrogen) atoms. The van der Waals surface area contributed by atoms with Crippen LogP contribution >= 0.6 is 11.6 Å². The predicted molar refractivity (Wildman–Crippen MR) is 77.8 cm³/mol. The van der Waals surface area contributed by atoms with Crippen LogP contribution in [0.25, 0.3) is 10.9 Å². The number of rotatable bonds is 5. The van der Waals surface area contributed by atoms with Gasteiger partial charge in [-0.3, -0.25) is 4.79 Å². The molecular formula is C14H16ClN3O2. The van der Waals surface area contributed by atoms with Gasteiger partial charge in [0.05, 0.1) is 17.4 Å². The Morgan fingerprint density at radius 1 is 1.45 bits per heavy atom. The first-order valence-corrected chi connectivity index (χ1v) is 7.00. The summed E-state index contributed by atoms with van der Waals surface area (Å²) in [5.74, 6) is 0.582. The molecule has 106 valence electrons. The van der Waals surface area contributed by atoms with E-state index in [1.165, 1.54) is 0 Å². The Morgan fingerprint density at radius 3 is 2.95 bits per heavy atom. The van der Waals surface area contributed by atoms with Gasteiger partial charge in [0.25, 0.3) is 5.56 Å². The van der Waals surface area contributed by atoms with Crippen molar-refractivity contribution in [1.29, 1.82) is 0 Å². The molecule has 1 aliphatic carbocycles. The van der Waals surface area contributed by atoms with Gasteiger partial charge in [-0.1, -0.05) is 11.6 Å². The second-order valence-corrected chi connectivity index (χ2v) is 5.87. The lowest BCUT2D eigenvalue weighted by molar-refractivity contribution is 0.207. The average Bonchev–Trinajstić information content (AvgIpc) is 3.19. The van der Waals surface area contributed by atoms with Gasteiger partial charge in [-0.05, 0) is 31.0 Å². The van der Waals surface area contributed by atoms with Gasteiger partial charge in [-0.25, -0.2) is 4.98 Å². The normalized spacial score (nSPS) is 16.5. The maximum atomic E-state index is 11.9. The number of halogens is 1. The number of aliphatic hydroxyl groups excluding tert-OH is 1. The fourth-order valence-electron chi connectivity index (χ4n) is 2.26. The highest BCUT2D eigenvalue weighted by atomic mass is 35.5. The van der Waals surface area contributed by atoms with E-state index in [2.05, 4.69) is 15.3 Å². The van der Waals surface area contributed by atoms with Gasteiger partial charge in [0, 0.05) is 23.6 Å². The Hall–Kier alpha value is -1.43. The fourth-order valence-corrected chi connectivity index (χ4v) is 2.42. The van der Waals surface area contributed by atoms with Gasteiger partial charge >= 0.3 is 0 Å². The van der Waals surface area contributed by atoms with Gasteiger partial charge < -0.3 is 15.4 Å². The number of aromatic nitrogens is 2. The minimum absolute atomic E-state index is 0.0421. The lowest BCUT2D eigenvalue weighted by Crippen LogP contribution is -2.27. The first-order valence-electron chi connectivity index (χ1n) is 6.62. The van der Waals surface area contributed by atoms with E-state index in [9.17, 15) is 9.90 Å². The van der Waals surface area contributed by atoms with Crippen LogP contribution in [-0.2, 0) is 6.54 Å². The molecule has 1 fully saturated rings. The van der Waals surface area contributed by atoms with Crippen molar-refractivity contribution in [1.82, 2.24) is 15.3 Å². The van der Waals surface area contributed by atoms with E-state index in [0.717, 1.165) is 19.4 Å². The van der Waals surface area contributed by atoms with E-state index < -0.39 is 0 Å². The molecule has 2 aromatic rings. The first-order chi connectivity index (χ1) is 9.62. The maximum absolute atomic E-state index is 11.9. The molecule has 1 aromatic carbocycles. The topological polar surface area (TPSA) is 78.0 Å². The van der Waals surface area contributed by atoms with Crippen molar-refractivity contribution in [2.75, 3.05) is 13.2 Å². The molecule has 3 rings (SSSR count). The molecule has 0 unspecified atom stereocenters. The van der Waals surface area contributed by atoms with Crippen molar-refractivity contribution in [3.8, 4) is 0 Å². The van der Waals surface area contributed by atoms with E-state index in [0.29, 0.717) is 28.3 Å². The van der Waals surface area contributed by atoms with E-state index >= 15 is 0 Å². The summed E-state index contributed by atoms with van der Waals surface area (Å²) in [4.78, 5) is 19.1. The molecule has 0 bridgehead atoms. The van der Waals surface area contributed by atoms with Crippen molar-refractivity contribution >= 4 is 22.5 Å². The van der Waals surface area contributed by atoms with Crippen LogP contribution in [0.15, 0.2) is 23.0 Å². The Kier molecular flexibility index (Phi) is 3.50. The largest absolute Gasteiger partial charge is 0.396 e. The third kappa shape index (κ3) is 2.70. The van der Waals surface area contributed by atoms with Crippen LogP contribution in [0.2, 0.25) is 5.02 Å². The van der Waals surface area contributed by atoms with Crippen LogP contribution in [0, 0.1) is 5.41 Å². The molecule has 0 aliphatic heterocycles. The molecule has 5 nitrogen and oxygen atoms in total. The molecule has 1 saturated carbocycles. The zero-order chi connectivity index (χ0) is 14.2. The number of hydrogen-bond donors (Lipinski definition) is 3. The van der Waals surface area contributed by atoms with Crippen molar-refractivity contribution < 1.29 is 5.11 Å². The van der Waals surface area contributed by atoms with E-state index in [-0.39, 0.29) is 17.6 Å². The third-order valence-corrected chi connectivity index (χ3v) is 4.04. The van der Waals surface area contributed by atoms with Gasteiger partial charge in [0.2, 0.25) is 0 Å². The van der Waals surface area contributed by atoms with Crippen LogP contribution in [0.1, 0.15) is 18.7 Å². The van der Waals surface area contributed by atoms with Crippen molar-refractivity contribution in [3.63, 3.8) is 0 Å². The van der Waals surface area contributed by atoms with Crippen LogP contribution in [0.3, 0.4) is 0 Å². The van der Waals surface area contributed by atoms with Crippen LogP contribution < -0.4 is 10.9 Å². The van der Waals surface area contributed by atoms with E-state index in [1.807, 2.05) is 0 Å². The molecule has 0 spiro atoms. The number of hydrogen-bond acceptors (Lipinski definition) is 4. The summed E-state index contributed by atoms with van der Waals surface area (Å²) in [6.45, 7) is 1.41. The number of aromatic amines is 1. The summed E-state index contributed by atoms with van der Waals surface area (Å²) in [5.41, 5.74) is 0.480. The minimum atomic E-state index is -0.160. The van der Waals surface area contributed by atoms with Gasteiger partial charge in [0.15, 0.2) is 0 Å². The molecule has 0 saturated heterocycles. The van der Waals surface area contributed by atoms with Crippen molar-refractivity contribution in [3.05, 3.63) is 39.4 Å². The lowest BCUT2D eigenvalue weighted by atomic mass is 10.1. The summed E-state index contributed by atoms with van der Waals surface area (Å²) in [7, 11) is 0. The van der Waals surface area contributed by atoms with E-state index in [4.69, 9.17) is 11.6 Å². The lowest BCUT2D eigenvalue weighted by Gasteiger charge is -2.12. The highest BCUT2D eigenvalue weighted by Gasteiger charge is 2.41. The second kappa shape index (κ2) is 5.16. The quantitative estimate of drug-likeness (QED) is 0.779. The Balaban J connectivity index is 1.76. The van der Waals surface area contributed by atoms with Crippen molar-refractivity contribution in [2.45, 2.75) is 19.4 Å². The van der Waals surface area contributed by atoms with Gasteiger partial charge in [-0.2, -0.15) is 0 Å². The summed E-state index contributed by atoms with van der Waals surface area (Å²) in [6, 6.07) is 5.04. The molecule has 1 aromatic heterocycles. The number of nitrogens with one attached hydrogen (secondary N) is 2. The summed E-state index contributed by atoms with van der Waals surface area (Å²) in [6.07, 6.45) is 2.10. The molecule has 0 atom stereocenters. The molecule has 1 heterocycles. The SMILES string of the molecule is O=c1[nH]c(CNCC2(CO)CC2)nc2cc(Cl)ccc12. The van der Waals surface area contributed by atoms with Gasteiger partial charge in [-0.15, -0.1) is 0 Å². The number of nitrogens with zero attached hydrogens (tertiary/aromatic N) is 1. The molecular weight excluding hydrogens is 278 g/mol. The molecule has 3 N–H and O–H groups in total. The maximum Gasteiger partial charge on any atom is 0.258 e. The first kappa shape index (κ1) is 13.5. The Bertz CT molecular complexity index is 694. The third-order valence-electron chi connectivity index (χ3n) is 3.80. The van der Waals surface area contributed by atoms with E-state index in [1.54, 1.807) is 18.2 Å².